The smallest absolute Gasteiger partial charge is 0.255 e. The Morgan fingerprint density at radius 3 is 2.47 bits per heavy atom. The molecule has 1 amide bonds. The van der Waals surface area contributed by atoms with Gasteiger partial charge in [-0.15, -0.1) is 0 Å². The average molecular weight is 430 g/mol. The predicted molar refractivity (Wildman–Crippen MR) is 125 cm³/mol. The minimum Gasteiger partial charge on any atom is -0.496 e. The Morgan fingerprint density at radius 2 is 1.69 bits per heavy atom. The third-order valence-corrected chi connectivity index (χ3v) is 5.46. The van der Waals surface area contributed by atoms with Crippen molar-refractivity contribution in [3.05, 3.63) is 89.2 Å². The number of benzene rings is 3. The molecule has 0 saturated heterocycles. The number of carbonyl (C=O) groups excluding carboxylic acids is 1. The molecule has 0 unspecified atom stereocenters. The standard InChI is InChI=1S/C26H27N3O3/c1-18-9-8-10-19(2)25(18)32-16-15-29-22-13-6-5-12-21(22)28-24(29)17-27-26(30)20-11-4-7-14-23(20)31-3/h4-14H,15-17H2,1-3H3,(H,27,30). The number of hydrogen-bond acceptors (Lipinski definition) is 4. The molecular weight excluding hydrogens is 402 g/mol. The highest BCUT2D eigenvalue weighted by molar-refractivity contribution is 5.96. The fourth-order valence-electron chi connectivity index (χ4n) is 3.86. The Balaban J connectivity index is 1.52. The monoisotopic (exact) mass is 429 g/mol. The highest BCUT2D eigenvalue weighted by Gasteiger charge is 2.15. The summed E-state index contributed by atoms with van der Waals surface area (Å²) in [6, 6.07) is 21.3. The van der Waals surface area contributed by atoms with Gasteiger partial charge in [0.05, 0.1) is 36.8 Å². The lowest BCUT2D eigenvalue weighted by Gasteiger charge is -2.14. The van der Waals surface area contributed by atoms with Crippen LogP contribution in [0.15, 0.2) is 66.7 Å². The first-order chi connectivity index (χ1) is 15.6. The van der Waals surface area contributed by atoms with Crippen LogP contribution < -0.4 is 14.8 Å². The van der Waals surface area contributed by atoms with Crippen molar-refractivity contribution in [1.29, 1.82) is 0 Å². The number of aryl methyl sites for hydroxylation is 2. The SMILES string of the molecule is COc1ccccc1C(=O)NCc1nc2ccccc2n1CCOc1c(C)cccc1C. The quantitative estimate of drug-likeness (QED) is 0.442. The molecule has 0 bridgehead atoms. The first kappa shape index (κ1) is 21.4. The molecule has 0 spiro atoms. The van der Waals surface area contributed by atoms with Crippen LogP contribution in [0, 0.1) is 13.8 Å². The number of carbonyl (C=O) groups is 1. The van der Waals surface area contributed by atoms with E-state index in [2.05, 4.69) is 9.88 Å². The Kier molecular flexibility index (Phi) is 6.40. The van der Waals surface area contributed by atoms with Crippen molar-refractivity contribution < 1.29 is 14.3 Å². The summed E-state index contributed by atoms with van der Waals surface area (Å²) in [4.78, 5) is 17.5. The predicted octanol–water partition coefficient (Wildman–Crippen LogP) is 4.67. The molecule has 0 radical (unpaired) electrons. The largest absolute Gasteiger partial charge is 0.496 e. The number of hydrogen-bond donors (Lipinski definition) is 1. The molecule has 0 saturated carbocycles. The maximum Gasteiger partial charge on any atom is 0.255 e. The van der Waals surface area contributed by atoms with Gasteiger partial charge in [-0.2, -0.15) is 0 Å². The van der Waals surface area contributed by atoms with E-state index in [-0.39, 0.29) is 5.91 Å². The molecule has 1 aromatic heterocycles. The molecule has 6 nitrogen and oxygen atoms in total. The summed E-state index contributed by atoms with van der Waals surface area (Å²) in [7, 11) is 1.56. The van der Waals surface area contributed by atoms with Crippen molar-refractivity contribution in [3.63, 3.8) is 0 Å². The van der Waals surface area contributed by atoms with E-state index in [1.807, 2.05) is 68.4 Å². The first-order valence-electron chi connectivity index (χ1n) is 10.6. The van der Waals surface area contributed by atoms with Crippen LogP contribution in [0.1, 0.15) is 27.3 Å². The summed E-state index contributed by atoms with van der Waals surface area (Å²) in [6.07, 6.45) is 0. The van der Waals surface area contributed by atoms with Gasteiger partial charge in [-0.25, -0.2) is 4.98 Å². The van der Waals surface area contributed by atoms with Gasteiger partial charge in [-0.3, -0.25) is 4.79 Å². The van der Waals surface area contributed by atoms with Crippen LogP contribution in [0.3, 0.4) is 0 Å². The number of ether oxygens (including phenoxy) is 2. The average Bonchev–Trinajstić information content (AvgIpc) is 3.16. The van der Waals surface area contributed by atoms with Gasteiger partial charge < -0.3 is 19.4 Å². The maximum absolute atomic E-state index is 12.7. The Bertz CT molecular complexity index is 1230. The van der Waals surface area contributed by atoms with Crippen LogP contribution in [-0.2, 0) is 13.1 Å². The maximum atomic E-state index is 12.7. The topological polar surface area (TPSA) is 65.4 Å². The molecule has 32 heavy (non-hydrogen) atoms. The minimum atomic E-state index is -0.201. The van der Waals surface area contributed by atoms with Crippen LogP contribution >= 0.6 is 0 Å². The fourth-order valence-corrected chi connectivity index (χ4v) is 3.86. The van der Waals surface area contributed by atoms with Gasteiger partial charge in [-0.05, 0) is 49.2 Å². The number of aromatic nitrogens is 2. The summed E-state index contributed by atoms with van der Waals surface area (Å²) < 4.78 is 13.5. The zero-order valence-electron chi connectivity index (χ0n) is 18.6. The van der Waals surface area contributed by atoms with Gasteiger partial charge in [0.1, 0.15) is 23.9 Å². The lowest BCUT2D eigenvalue weighted by Crippen LogP contribution is -2.25. The number of para-hydroxylation sites is 4. The second-order valence-electron chi connectivity index (χ2n) is 7.62. The van der Waals surface area contributed by atoms with Gasteiger partial charge in [-0.1, -0.05) is 42.5 Å². The zero-order valence-corrected chi connectivity index (χ0v) is 18.6. The van der Waals surface area contributed by atoms with Crippen LogP contribution in [0.25, 0.3) is 11.0 Å². The van der Waals surface area contributed by atoms with E-state index in [1.54, 1.807) is 19.2 Å². The lowest BCUT2D eigenvalue weighted by atomic mass is 10.1. The number of rotatable bonds is 8. The van der Waals surface area contributed by atoms with Crippen molar-refractivity contribution in [1.82, 2.24) is 14.9 Å². The van der Waals surface area contributed by atoms with Gasteiger partial charge >= 0.3 is 0 Å². The van der Waals surface area contributed by atoms with E-state index in [1.165, 1.54) is 0 Å². The molecule has 4 aromatic rings. The number of amides is 1. The van der Waals surface area contributed by atoms with E-state index in [0.29, 0.717) is 31.0 Å². The summed E-state index contributed by atoms with van der Waals surface area (Å²) in [6.45, 7) is 5.52. The van der Waals surface area contributed by atoms with E-state index in [0.717, 1.165) is 33.7 Å². The molecule has 0 aliphatic heterocycles. The second kappa shape index (κ2) is 9.56. The molecule has 6 heteroatoms. The van der Waals surface area contributed by atoms with Crippen LogP contribution in [0.5, 0.6) is 11.5 Å². The Morgan fingerprint density at radius 1 is 0.969 bits per heavy atom. The molecule has 0 aliphatic carbocycles. The number of fused-ring (bicyclic) bond motifs is 1. The highest BCUT2D eigenvalue weighted by Crippen LogP contribution is 2.23. The van der Waals surface area contributed by atoms with E-state index < -0.39 is 0 Å². The summed E-state index contributed by atoms with van der Waals surface area (Å²) in [5, 5.41) is 2.97. The highest BCUT2D eigenvalue weighted by atomic mass is 16.5. The number of nitrogens with zero attached hydrogens (tertiary/aromatic N) is 2. The van der Waals surface area contributed by atoms with Crippen LogP contribution in [-0.4, -0.2) is 29.2 Å². The number of imidazole rings is 1. The first-order valence-corrected chi connectivity index (χ1v) is 10.6. The van der Waals surface area contributed by atoms with Crippen molar-refractivity contribution in [2.75, 3.05) is 13.7 Å². The molecule has 1 heterocycles. The van der Waals surface area contributed by atoms with Gasteiger partial charge in [0.2, 0.25) is 0 Å². The second-order valence-corrected chi connectivity index (χ2v) is 7.62. The number of methoxy groups -OCH3 is 1. The lowest BCUT2D eigenvalue weighted by molar-refractivity contribution is 0.0946. The third kappa shape index (κ3) is 4.44. The molecule has 164 valence electrons. The molecule has 0 fully saturated rings. The van der Waals surface area contributed by atoms with Crippen molar-refractivity contribution >= 4 is 16.9 Å². The summed E-state index contributed by atoms with van der Waals surface area (Å²) in [5.41, 5.74) is 4.63. The van der Waals surface area contributed by atoms with E-state index in [9.17, 15) is 4.79 Å². The van der Waals surface area contributed by atoms with Crippen LogP contribution in [0.2, 0.25) is 0 Å². The normalized spacial score (nSPS) is 10.8. The minimum absolute atomic E-state index is 0.201. The Labute approximate surface area is 187 Å². The molecular formula is C26H27N3O3. The molecule has 3 aromatic carbocycles. The summed E-state index contributed by atoms with van der Waals surface area (Å²) in [5.74, 6) is 2.04. The van der Waals surface area contributed by atoms with Gasteiger partial charge in [0.25, 0.3) is 5.91 Å². The molecule has 1 N–H and O–H groups in total. The van der Waals surface area contributed by atoms with Crippen molar-refractivity contribution in [2.45, 2.75) is 26.9 Å². The van der Waals surface area contributed by atoms with Gasteiger partial charge in [0, 0.05) is 0 Å². The Hall–Kier alpha value is -3.80. The van der Waals surface area contributed by atoms with E-state index >= 15 is 0 Å². The zero-order chi connectivity index (χ0) is 22.5. The van der Waals surface area contributed by atoms with Crippen LogP contribution in [0.4, 0.5) is 0 Å². The van der Waals surface area contributed by atoms with Gasteiger partial charge in [0.15, 0.2) is 0 Å². The van der Waals surface area contributed by atoms with Crippen molar-refractivity contribution in [2.24, 2.45) is 0 Å². The molecule has 4 rings (SSSR count). The number of nitrogens with one attached hydrogen (secondary N) is 1. The fraction of sp³-hybridized carbons (Fsp3) is 0.231. The van der Waals surface area contributed by atoms with E-state index in [4.69, 9.17) is 14.5 Å². The molecule has 0 atom stereocenters. The molecule has 0 aliphatic rings. The summed E-state index contributed by atoms with van der Waals surface area (Å²) >= 11 is 0. The third-order valence-electron chi connectivity index (χ3n) is 5.46. The van der Waals surface area contributed by atoms with Crippen molar-refractivity contribution in [3.8, 4) is 11.5 Å².